The van der Waals surface area contributed by atoms with Crippen molar-refractivity contribution in [2.75, 3.05) is 7.11 Å². The number of amides is 1. The van der Waals surface area contributed by atoms with E-state index in [0.29, 0.717) is 11.3 Å². The molecule has 0 bridgehead atoms. The van der Waals surface area contributed by atoms with Crippen LogP contribution in [0.1, 0.15) is 48.0 Å². The molecule has 1 N–H and O–H groups in total. The second kappa shape index (κ2) is 11.2. The van der Waals surface area contributed by atoms with Crippen LogP contribution in [0.2, 0.25) is 0 Å². The van der Waals surface area contributed by atoms with Crippen LogP contribution in [-0.4, -0.2) is 37.1 Å². The van der Waals surface area contributed by atoms with Crippen LogP contribution in [0.15, 0.2) is 54.6 Å². The van der Waals surface area contributed by atoms with Gasteiger partial charge in [-0.3, -0.25) is 9.59 Å². The van der Waals surface area contributed by atoms with Gasteiger partial charge in [-0.15, -0.1) is 0 Å². The van der Waals surface area contributed by atoms with Crippen LogP contribution in [0.4, 0.5) is 0 Å². The molecule has 164 valence electrons. The standard InChI is InChI=1S/C24H27NO6/c1-29-19-13-11-17(12-14-19)16-30-24(28)21(15-22(26)31-20-9-5-6-10-20)25-23(27)18-7-3-2-4-8-18/h2-4,7-8,11-14,20-21H,5-6,9-10,15-16H2,1H3,(H,25,27)/t21-/m0/s1. The Kier molecular flexibility index (Phi) is 8.04. The fourth-order valence-corrected chi connectivity index (χ4v) is 3.41. The lowest BCUT2D eigenvalue weighted by molar-refractivity contribution is -0.155. The molecule has 1 aliphatic carbocycles. The van der Waals surface area contributed by atoms with E-state index in [1.54, 1.807) is 61.7 Å². The Morgan fingerprint density at radius 3 is 2.32 bits per heavy atom. The van der Waals surface area contributed by atoms with Crippen LogP contribution in [0.5, 0.6) is 5.75 Å². The molecule has 1 amide bonds. The van der Waals surface area contributed by atoms with Gasteiger partial charge in [0.25, 0.3) is 5.91 Å². The van der Waals surface area contributed by atoms with Crippen molar-refractivity contribution in [2.24, 2.45) is 0 Å². The molecule has 0 aromatic heterocycles. The molecule has 2 aromatic carbocycles. The SMILES string of the molecule is COc1ccc(COC(=O)[C@H](CC(=O)OC2CCCC2)NC(=O)c2ccccc2)cc1. The predicted octanol–water partition coefficient (Wildman–Crippen LogP) is 3.41. The molecule has 1 atom stereocenters. The summed E-state index contributed by atoms with van der Waals surface area (Å²) in [5, 5.41) is 2.61. The summed E-state index contributed by atoms with van der Waals surface area (Å²) in [6.07, 6.45) is 3.31. The summed E-state index contributed by atoms with van der Waals surface area (Å²) in [4.78, 5) is 37.6. The third-order valence-electron chi connectivity index (χ3n) is 5.14. The molecule has 1 aliphatic rings. The minimum atomic E-state index is -1.14. The first kappa shape index (κ1) is 22.3. The van der Waals surface area contributed by atoms with E-state index in [4.69, 9.17) is 14.2 Å². The number of nitrogens with one attached hydrogen (secondary N) is 1. The van der Waals surface area contributed by atoms with E-state index < -0.39 is 23.9 Å². The zero-order chi connectivity index (χ0) is 22.1. The molecule has 0 radical (unpaired) electrons. The van der Waals surface area contributed by atoms with Crippen LogP contribution in [0.25, 0.3) is 0 Å². The van der Waals surface area contributed by atoms with E-state index in [2.05, 4.69) is 5.32 Å². The Labute approximate surface area is 181 Å². The van der Waals surface area contributed by atoms with Crippen LogP contribution >= 0.6 is 0 Å². The fraction of sp³-hybridized carbons (Fsp3) is 0.375. The van der Waals surface area contributed by atoms with Crippen molar-refractivity contribution in [1.29, 1.82) is 0 Å². The zero-order valence-electron chi connectivity index (χ0n) is 17.5. The quantitative estimate of drug-likeness (QED) is 0.619. The number of ether oxygens (including phenoxy) is 3. The monoisotopic (exact) mass is 425 g/mol. The second-order valence-corrected chi connectivity index (χ2v) is 7.45. The molecule has 7 nitrogen and oxygen atoms in total. The van der Waals surface area contributed by atoms with Crippen molar-refractivity contribution in [2.45, 2.75) is 50.9 Å². The Hall–Kier alpha value is -3.35. The molecule has 2 aromatic rings. The number of carbonyl (C=O) groups excluding carboxylic acids is 3. The topological polar surface area (TPSA) is 90.9 Å². The van der Waals surface area contributed by atoms with E-state index in [1.807, 2.05) is 0 Å². The molecule has 7 heteroatoms. The summed E-state index contributed by atoms with van der Waals surface area (Å²) in [6, 6.07) is 14.4. The zero-order valence-corrected chi connectivity index (χ0v) is 17.5. The van der Waals surface area contributed by atoms with E-state index in [9.17, 15) is 14.4 Å². The van der Waals surface area contributed by atoms with Gasteiger partial charge >= 0.3 is 11.9 Å². The van der Waals surface area contributed by atoms with Crippen LogP contribution in [-0.2, 0) is 25.7 Å². The second-order valence-electron chi connectivity index (χ2n) is 7.45. The maximum atomic E-state index is 12.7. The minimum Gasteiger partial charge on any atom is -0.497 e. The van der Waals surface area contributed by atoms with E-state index in [-0.39, 0.29) is 19.1 Å². The van der Waals surface area contributed by atoms with Gasteiger partial charge in [0.2, 0.25) is 0 Å². The number of methoxy groups -OCH3 is 1. The van der Waals surface area contributed by atoms with Gasteiger partial charge in [0.15, 0.2) is 0 Å². The summed E-state index contributed by atoms with van der Waals surface area (Å²) < 4.78 is 15.9. The number of hydrogen-bond donors (Lipinski definition) is 1. The molecule has 0 heterocycles. The smallest absolute Gasteiger partial charge is 0.329 e. The molecule has 0 unspecified atom stereocenters. The van der Waals surface area contributed by atoms with E-state index in [1.165, 1.54) is 0 Å². The van der Waals surface area contributed by atoms with Crippen molar-refractivity contribution < 1.29 is 28.6 Å². The minimum absolute atomic E-state index is 0.0121. The van der Waals surface area contributed by atoms with Gasteiger partial charge in [-0.2, -0.15) is 0 Å². The van der Waals surface area contributed by atoms with Gasteiger partial charge in [0.05, 0.1) is 13.5 Å². The maximum absolute atomic E-state index is 12.7. The molecule has 31 heavy (non-hydrogen) atoms. The summed E-state index contributed by atoms with van der Waals surface area (Å²) in [7, 11) is 1.57. The Morgan fingerprint density at radius 1 is 1.00 bits per heavy atom. The summed E-state index contributed by atoms with van der Waals surface area (Å²) >= 11 is 0. The highest BCUT2D eigenvalue weighted by atomic mass is 16.5. The Morgan fingerprint density at radius 2 is 1.68 bits per heavy atom. The molecule has 1 fully saturated rings. The average Bonchev–Trinajstić information content (AvgIpc) is 3.30. The highest BCUT2D eigenvalue weighted by molar-refractivity contribution is 5.97. The van der Waals surface area contributed by atoms with Crippen molar-refractivity contribution in [3.05, 3.63) is 65.7 Å². The van der Waals surface area contributed by atoms with Crippen LogP contribution in [0, 0.1) is 0 Å². The number of carbonyl (C=O) groups is 3. The molecular weight excluding hydrogens is 398 g/mol. The predicted molar refractivity (Wildman–Crippen MR) is 113 cm³/mol. The molecule has 0 saturated heterocycles. The van der Waals surface area contributed by atoms with E-state index >= 15 is 0 Å². The number of hydrogen-bond acceptors (Lipinski definition) is 6. The van der Waals surface area contributed by atoms with Gasteiger partial charge in [-0.25, -0.2) is 4.79 Å². The molecular formula is C24H27NO6. The summed E-state index contributed by atoms with van der Waals surface area (Å²) in [6.45, 7) is 0.0121. The lowest BCUT2D eigenvalue weighted by Gasteiger charge is -2.19. The van der Waals surface area contributed by atoms with Gasteiger partial charge in [0, 0.05) is 5.56 Å². The van der Waals surface area contributed by atoms with Gasteiger partial charge in [-0.05, 0) is 55.5 Å². The molecule has 1 saturated carbocycles. The van der Waals surface area contributed by atoms with Gasteiger partial charge in [0.1, 0.15) is 24.5 Å². The molecule has 0 spiro atoms. The van der Waals surface area contributed by atoms with Crippen molar-refractivity contribution in [1.82, 2.24) is 5.32 Å². The Bertz CT molecular complexity index is 875. The van der Waals surface area contributed by atoms with Crippen molar-refractivity contribution in [3.63, 3.8) is 0 Å². The summed E-state index contributed by atoms with van der Waals surface area (Å²) in [5.41, 5.74) is 1.15. The number of esters is 2. The highest BCUT2D eigenvalue weighted by Gasteiger charge is 2.28. The first-order chi connectivity index (χ1) is 15.0. The first-order valence-corrected chi connectivity index (χ1v) is 10.4. The third-order valence-corrected chi connectivity index (χ3v) is 5.14. The van der Waals surface area contributed by atoms with Crippen LogP contribution in [0.3, 0.4) is 0 Å². The van der Waals surface area contributed by atoms with Gasteiger partial charge < -0.3 is 19.5 Å². The highest BCUT2D eigenvalue weighted by Crippen LogP contribution is 2.21. The lowest BCUT2D eigenvalue weighted by Crippen LogP contribution is -2.43. The lowest BCUT2D eigenvalue weighted by atomic mass is 10.1. The van der Waals surface area contributed by atoms with Gasteiger partial charge in [-0.1, -0.05) is 30.3 Å². The third kappa shape index (κ3) is 6.84. The van der Waals surface area contributed by atoms with E-state index in [0.717, 1.165) is 31.2 Å². The van der Waals surface area contributed by atoms with Crippen molar-refractivity contribution >= 4 is 17.8 Å². The molecule has 0 aliphatic heterocycles. The average molecular weight is 425 g/mol. The molecule has 3 rings (SSSR count). The first-order valence-electron chi connectivity index (χ1n) is 10.4. The Balaban J connectivity index is 1.63. The summed E-state index contributed by atoms with van der Waals surface area (Å²) in [5.74, 6) is -0.978. The largest absolute Gasteiger partial charge is 0.497 e. The number of rotatable bonds is 9. The maximum Gasteiger partial charge on any atom is 0.329 e. The number of benzene rings is 2. The van der Waals surface area contributed by atoms with Crippen molar-refractivity contribution in [3.8, 4) is 5.75 Å². The normalized spacial score (nSPS) is 14.5. The van der Waals surface area contributed by atoms with Crippen LogP contribution < -0.4 is 10.1 Å². The fourth-order valence-electron chi connectivity index (χ4n) is 3.41.